The van der Waals surface area contributed by atoms with E-state index in [1.54, 1.807) is 32.0 Å². The van der Waals surface area contributed by atoms with Crippen LogP contribution in [0, 0.1) is 16.7 Å². The van der Waals surface area contributed by atoms with Crippen LogP contribution in [0.25, 0.3) is 0 Å². The first kappa shape index (κ1) is 19.6. The second-order valence-corrected chi connectivity index (χ2v) is 6.30. The molecule has 4 nitrogen and oxygen atoms in total. The molecule has 0 aliphatic heterocycles. The predicted octanol–water partition coefficient (Wildman–Crippen LogP) is 3.76. The topological polar surface area (TPSA) is 53.3 Å². The molecule has 0 atom stereocenters. The van der Waals surface area contributed by atoms with Crippen LogP contribution in [0.3, 0.4) is 0 Å². The predicted molar refractivity (Wildman–Crippen MR) is 87.7 cm³/mol. The molecular formula is C18H22F2N2O2. The second-order valence-electron chi connectivity index (χ2n) is 6.30. The van der Waals surface area contributed by atoms with E-state index in [-0.39, 0.29) is 25.4 Å². The summed E-state index contributed by atoms with van der Waals surface area (Å²) in [4.78, 5) is 13.5. The van der Waals surface area contributed by atoms with Crippen molar-refractivity contribution < 1.29 is 18.3 Å². The monoisotopic (exact) mass is 336 g/mol. The average molecular weight is 336 g/mol. The van der Waals surface area contributed by atoms with E-state index in [9.17, 15) is 13.6 Å². The van der Waals surface area contributed by atoms with Gasteiger partial charge in [0.25, 0.3) is 0 Å². The molecule has 0 unspecified atom stereocenters. The average Bonchev–Trinajstić information content (AvgIpc) is 2.51. The van der Waals surface area contributed by atoms with Gasteiger partial charge in [0.2, 0.25) is 12.3 Å². The third-order valence-electron chi connectivity index (χ3n) is 3.57. The summed E-state index contributed by atoms with van der Waals surface area (Å²) in [5, 5.41) is 9.14. The lowest BCUT2D eigenvalue weighted by Gasteiger charge is -2.32. The molecule has 24 heavy (non-hydrogen) atoms. The number of carbonyl (C=O) groups excluding carboxylic acids is 1. The molecule has 0 aliphatic carbocycles. The lowest BCUT2D eigenvalue weighted by molar-refractivity contribution is -0.128. The highest BCUT2D eigenvalue weighted by Crippen LogP contribution is 2.27. The molecule has 0 aromatic heterocycles. The number of hydrogen-bond donors (Lipinski definition) is 0. The van der Waals surface area contributed by atoms with Gasteiger partial charge < -0.3 is 9.64 Å². The van der Waals surface area contributed by atoms with Crippen molar-refractivity contribution >= 4 is 5.91 Å². The number of halogens is 2. The molecular weight excluding hydrogens is 314 g/mol. The van der Waals surface area contributed by atoms with Crippen molar-refractivity contribution in [2.24, 2.45) is 5.41 Å². The minimum Gasteiger partial charge on any atom is -0.495 e. The van der Waals surface area contributed by atoms with Gasteiger partial charge in [0.1, 0.15) is 11.8 Å². The molecule has 130 valence electrons. The number of alkyl halides is 2. The van der Waals surface area contributed by atoms with E-state index in [1.807, 2.05) is 6.07 Å². The smallest absolute Gasteiger partial charge is 0.246 e. The summed E-state index contributed by atoms with van der Waals surface area (Å²) in [5.41, 5.74) is 0.334. The summed E-state index contributed by atoms with van der Waals surface area (Å²) in [7, 11) is 1.47. The van der Waals surface area contributed by atoms with Crippen LogP contribution in [0.1, 0.15) is 31.4 Å². The molecule has 1 amide bonds. The van der Waals surface area contributed by atoms with Crippen molar-refractivity contribution in [3.63, 3.8) is 0 Å². The Hall–Kier alpha value is -2.42. The summed E-state index contributed by atoms with van der Waals surface area (Å²) >= 11 is 0. The lowest BCUT2D eigenvalue weighted by Crippen LogP contribution is -2.38. The highest BCUT2D eigenvalue weighted by Gasteiger charge is 2.27. The number of amides is 1. The van der Waals surface area contributed by atoms with Gasteiger partial charge in [0.15, 0.2) is 0 Å². The molecule has 0 fully saturated rings. The van der Waals surface area contributed by atoms with Crippen LogP contribution >= 0.6 is 0 Å². The van der Waals surface area contributed by atoms with Crippen molar-refractivity contribution in [2.75, 3.05) is 13.7 Å². The number of benzene rings is 1. The van der Waals surface area contributed by atoms with E-state index in [1.165, 1.54) is 12.0 Å². The van der Waals surface area contributed by atoms with Crippen LogP contribution in [0.15, 0.2) is 30.9 Å². The van der Waals surface area contributed by atoms with Gasteiger partial charge >= 0.3 is 0 Å². The molecule has 0 N–H and O–H groups in total. The van der Waals surface area contributed by atoms with Gasteiger partial charge in [-0.1, -0.05) is 26.5 Å². The zero-order valence-corrected chi connectivity index (χ0v) is 14.2. The number of methoxy groups -OCH3 is 1. The molecule has 1 aromatic rings. The first-order chi connectivity index (χ1) is 11.2. The Balaban J connectivity index is 3.01. The number of nitriles is 1. The Morgan fingerprint density at radius 2 is 2.17 bits per heavy atom. The number of ether oxygens (including phenoxy) is 1. The van der Waals surface area contributed by atoms with E-state index >= 15 is 0 Å². The second kappa shape index (κ2) is 8.44. The fourth-order valence-corrected chi connectivity index (χ4v) is 2.50. The number of rotatable bonds is 8. The van der Waals surface area contributed by atoms with Gasteiger partial charge in [0, 0.05) is 19.5 Å². The van der Waals surface area contributed by atoms with Gasteiger partial charge in [-0.2, -0.15) is 5.26 Å². The fourth-order valence-electron chi connectivity index (χ4n) is 2.50. The van der Waals surface area contributed by atoms with Gasteiger partial charge in [0.05, 0.1) is 12.7 Å². The van der Waals surface area contributed by atoms with E-state index in [2.05, 4.69) is 6.58 Å². The standard InChI is InChI=1S/C18H22F2N2O2/c1-5-17(23)22(12-18(2,3)9-16(19)20)11-13-6-7-15(24-4)14(8-13)10-21/h5-8,16H,1,9,11-12H2,2-4H3. The van der Waals surface area contributed by atoms with Crippen LogP contribution in [0.4, 0.5) is 8.78 Å². The molecule has 0 saturated carbocycles. The first-order valence-electron chi connectivity index (χ1n) is 7.49. The summed E-state index contributed by atoms with van der Waals surface area (Å²) in [6, 6.07) is 7.04. The van der Waals surface area contributed by atoms with Crippen molar-refractivity contribution in [1.82, 2.24) is 4.90 Å². The summed E-state index contributed by atoms with van der Waals surface area (Å²) in [5.74, 6) is 0.104. The van der Waals surface area contributed by atoms with Gasteiger partial charge in [-0.05, 0) is 29.2 Å². The summed E-state index contributed by atoms with van der Waals surface area (Å²) in [6.07, 6.45) is -1.58. The number of carbonyl (C=O) groups is 1. The Labute approximate surface area is 141 Å². The third-order valence-corrected chi connectivity index (χ3v) is 3.57. The number of hydrogen-bond acceptors (Lipinski definition) is 3. The minimum atomic E-state index is -2.44. The third kappa shape index (κ3) is 5.65. The maximum Gasteiger partial charge on any atom is 0.246 e. The number of nitrogens with zero attached hydrogens (tertiary/aromatic N) is 2. The minimum absolute atomic E-state index is 0.163. The van der Waals surface area contributed by atoms with E-state index in [0.717, 1.165) is 11.6 Å². The molecule has 0 aliphatic rings. The quantitative estimate of drug-likeness (QED) is 0.679. The maximum absolute atomic E-state index is 12.7. The fraction of sp³-hybridized carbons (Fsp3) is 0.444. The molecule has 0 radical (unpaired) electrons. The Morgan fingerprint density at radius 3 is 2.67 bits per heavy atom. The normalized spacial score (nSPS) is 11.0. The molecule has 0 spiro atoms. The van der Waals surface area contributed by atoms with E-state index in [4.69, 9.17) is 10.00 Å². The zero-order valence-electron chi connectivity index (χ0n) is 14.2. The molecule has 0 heterocycles. The summed E-state index contributed by atoms with van der Waals surface area (Å²) < 4.78 is 30.5. The van der Waals surface area contributed by atoms with E-state index < -0.39 is 11.8 Å². The van der Waals surface area contributed by atoms with Crippen LogP contribution < -0.4 is 4.74 Å². The Bertz CT molecular complexity index is 636. The summed E-state index contributed by atoms with van der Waals surface area (Å²) in [6.45, 7) is 7.21. The Morgan fingerprint density at radius 1 is 1.50 bits per heavy atom. The van der Waals surface area contributed by atoms with Crippen molar-refractivity contribution in [1.29, 1.82) is 5.26 Å². The largest absolute Gasteiger partial charge is 0.495 e. The van der Waals surface area contributed by atoms with Crippen LogP contribution in [-0.2, 0) is 11.3 Å². The highest BCUT2D eigenvalue weighted by atomic mass is 19.3. The molecule has 1 aromatic carbocycles. The van der Waals surface area contributed by atoms with Crippen molar-refractivity contribution in [3.05, 3.63) is 42.0 Å². The first-order valence-corrected chi connectivity index (χ1v) is 7.49. The van der Waals surface area contributed by atoms with Gasteiger partial charge in [-0.25, -0.2) is 8.78 Å². The van der Waals surface area contributed by atoms with Crippen LogP contribution in [0.5, 0.6) is 5.75 Å². The molecule has 6 heteroatoms. The molecule has 1 rings (SSSR count). The van der Waals surface area contributed by atoms with Crippen LogP contribution in [0.2, 0.25) is 0 Å². The van der Waals surface area contributed by atoms with Gasteiger partial charge in [-0.15, -0.1) is 0 Å². The lowest BCUT2D eigenvalue weighted by atomic mass is 9.88. The van der Waals surface area contributed by atoms with Gasteiger partial charge in [-0.3, -0.25) is 4.79 Å². The maximum atomic E-state index is 12.7. The van der Waals surface area contributed by atoms with Crippen molar-refractivity contribution in [2.45, 2.75) is 33.2 Å². The van der Waals surface area contributed by atoms with E-state index in [0.29, 0.717) is 11.3 Å². The SMILES string of the molecule is C=CC(=O)N(Cc1ccc(OC)c(C#N)c1)CC(C)(C)CC(F)F. The van der Waals surface area contributed by atoms with Crippen molar-refractivity contribution in [3.8, 4) is 11.8 Å². The molecule has 0 bridgehead atoms. The van der Waals surface area contributed by atoms with Crippen LogP contribution in [-0.4, -0.2) is 30.9 Å². The zero-order chi connectivity index (χ0) is 18.3. The molecule has 0 saturated heterocycles. The highest BCUT2D eigenvalue weighted by molar-refractivity contribution is 5.87. The Kier molecular flexibility index (Phi) is 6.90.